The summed E-state index contributed by atoms with van der Waals surface area (Å²) in [5.74, 6) is -0.182. The summed E-state index contributed by atoms with van der Waals surface area (Å²) in [6.45, 7) is 2.25. The highest BCUT2D eigenvalue weighted by atomic mass is 32.1. The minimum Gasteiger partial charge on any atom is -0.466 e. The maximum Gasteiger partial charge on any atom is 0.309 e. The van der Waals surface area contributed by atoms with Crippen molar-refractivity contribution in [3.63, 3.8) is 0 Å². The quantitative estimate of drug-likeness (QED) is 0.755. The summed E-state index contributed by atoms with van der Waals surface area (Å²) in [6, 6.07) is 14.4. The monoisotopic (exact) mass is 272 g/mol. The Morgan fingerprint density at radius 3 is 2.74 bits per heavy atom. The molecule has 2 rings (SSSR count). The lowest BCUT2D eigenvalue weighted by Gasteiger charge is -1.96. The van der Waals surface area contributed by atoms with Gasteiger partial charge in [-0.3, -0.25) is 4.79 Å². The van der Waals surface area contributed by atoms with Crippen LogP contribution in [0.2, 0.25) is 0 Å². The van der Waals surface area contributed by atoms with Gasteiger partial charge in [0.1, 0.15) is 0 Å². The van der Waals surface area contributed by atoms with Crippen LogP contribution in [0.5, 0.6) is 0 Å². The molecular formula is C16H16O2S. The Kier molecular flexibility index (Phi) is 4.93. The number of carbonyl (C=O) groups is 1. The highest BCUT2D eigenvalue weighted by Gasteiger charge is 2.01. The van der Waals surface area contributed by atoms with Crippen molar-refractivity contribution in [2.45, 2.75) is 13.3 Å². The van der Waals surface area contributed by atoms with Crippen molar-refractivity contribution in [2.24, 2.45) is 0 Å². The van der Waals surface area contributed by atoms with Crippen LogP contribution in [-0.2, 0) is 9.53 Å². The second kappa shape index (κ2) is 6.90. The van der Waals surface area contributed by atoms with Gasteiger partial charge in [0.05, 0.1) is 13.0 Å². The molecule has 0 atom stereocenters. The van der Waals surface area contributed by atoms with E-state index in [4.69, 9.17) is 4.74 Å². The van der Waals surface area contributed by atoms with Crippen LogP contribution in [0.4, 0.5) is 0 Å². The molecule has 2 aromatic rings. The lowest BCUT2D eigenvalue weighted by molar-refractivity contribution is -0.142. The van der Waals surface area contributed by atoms with E-state index in [0.717, 1.165) is 4.88 Å². The number of rotatable bonds is 5. The molecule has 2 nitrogen and oxygen atoms in total. The molecule has 0 saturated carbocycles. The van der Waals surface area contributed by atoms with Gasteiger partial charge in [0.2, 0.25) is 0 Å². The molecular weight excluding hydrogens is 256 g/mol. The van der Waals surface area contributed by atoms with Gasteiger partial charge in [-0.15, -0.1) is 11.3 Å². The molecule has 0 spiro atoms. The average Bonchev–Trinajstić information content (AvgIpc) is 2.89. The van der Waals surface area contributed by atoms with Crippen LogP contribution in [0.25, 0.3) is 16.5 Å². The zero-order valence-electron chi connectivity index (χ0n) is 10.8. The molecule has 0 radical (unpaired) electrons. The second-order valence-electron chi connectivity index (χ2n) is 3.98. The van der Waals surface area contributed by atoms with E-state index in [1.165, 1.54) is 10.4 Å². The Balaban J connectivity index is 1.98. The summed E-state index contributed by atoms with van der Waals surface area (Å²) in [5, 5.41) is 0. The second-order valence-corrected chi connectivity index (χ2v) is 5.09. The SMILES string of the molecule is CCOC(=O)CC=Cc1ccc(-c2ccccc2)s1. The van der Waals surface area contributed by atoms with Gasteiger partial charge in [0.25, 0.3) is 0 Å². The molecule has 0 fully saturated rings. The zero-order valence-corrected chi connectivity index (χ0v) is 11.7. The molecule has 0 unspecified atom stereocenters. The first-order valence-electron chi connectivity index (χ1n) is 6.27. The third-order valence-corrected chi connectivity index (χ3v) is 3.66. The lowest BCUT2D eigenvalue weighted by Crippen LogP contribution is -2.01. The maximum atomic E-state index is 11.2. The molecule has 0 bridgehead atoms. The molecule has 1 aromatic heterocycles. The van der Waals surface area contributed by atoms with Crippen LogP contribution in [-0.4, -0.2) is 12.6 Å². The van der Waals surface area contributed by atoms with Crippen LogP contribution in [0.3, 0.4) is 0 Å². The summed E-state index contributed by atoms with van der Waals surface area (Å²) in [4.78, 5) is 13.6. The number of hydrogen-bond acceptors (Lipinski definition) is 3. The molecule has 1 aromatic carbocycles. The van der Waals surface area contributed by atoms with E-state index in [2.05, 4.69) is 24.3 Å². The molecule has 0 aliphatic rings. The molecule has 0 saturated heterocycles. The van der Waals surface area contributed by atoms with Gasteiger partial charge in [-0.25, -0.2) is 0 Å². The molecule has 19 heavy (non-hydrogen) atoms. The molecule has 0 aliphatic carbocycles. The van der Waals surface area contributed by atoms with Gasteiger partial charge in [0, 0.05) is 9.75 Å². The van der Waals surface area contributed by atoms with Gasteiger partial charge in [-0.05, 0) is 30.7 Å². The standard InChI is InChI=1S/C16H16O2S/c1-2-18-16(17)10-6-9-14-11-12-15(19-14)13-7-4-3-5-8-13/h3-9,11-12H,2,10H2,1H3. The van der Waals surface area contributed by atoms with Crippen molar-refractivity contribution in [2.75, 3.05) is 6.61 Å². The minimum absolute atomic E-state index is 0.182. The van der Waals surface area contributed by atoms with Gasteiger partial charge in [-0.2, -0.15) is 0 Å². The Morgan fingerprint density at radius 1 is 1.21 bits per heavy atom. The number of ether oxygens (including phenoxy) is 1. The number of esters is 1. The molecule has 0 N–H and O–H groups in total. The van der Waals surface area contributed by atoms with Crippen molar-refractivity contribution < 1.29 is 9.53 Å². The molecule has 0 amide bonds. The molecule has 98 valence electrons. The van der Waals surface area contributed by atoms with Gasteiger partial charge < -0.3 is 4.74 Å². The summed E-state index contributed by atoms with van der Waals surface area (Å²) < 4.78 is 4.87. The highest BCUT2D eigenvalue weighted by Crippen LogP contribution is 2.28. The lowest BCUT2D eigenvalue weighted by atomic mass is 10.2. The van der Waals surface area contributed by atoms with Crippen molar-refractivity contribution in [3.8, 4) is 10.4 Å². The number of benzene rings is 1. The zero-order chi connectivity index (χ0) is 13.5. The first kappa shape index (κ1) is 13.6. The predicted molar refractivity (Wildman–Crippen MR) is 80.0 cm³/mol. The molecule has 0 aliphatic heterocycles. The maximum absolute atomic E-state index is 11.2. The van der Waals surface area contributed by atoms with Crippen LogP contribution < -0.4 is 0 Å². The van der Waals surface area contributed by atoms with E-state index in [1.807, 2.05) is 37.3 Å². The average molecular weight is 272 g/mol. The van der Waals surface area contributed by atoms with E-state index in [0.29, 0.717) is 13.0 Å². The fraction of sp³-hybridized carbons (Fsp3) is 0.188. The Bertz CT molecular complexity index is 555. The van der Waals surface area contributed by atoms with Gasteiger partial charge >= 0.3 is 5.97 Å². The summed E-state index contributed by atoms with van der Waals surface area (Å²) in [5.41, 5.74) is 1.22. The molecule has 3 heteroatoms. The van der Waals surface area contributed by atoms with E-state index in [9.17, 15) is 4.79 Å². The first-order chi connectivity index (χ1) is 9.29. The summed E-state index contributed by atoms with van der Waals surface area (Å²) in [7, 11) is 0. The third-order valence-electron chi connectivity index (χ3n) is 2.56. The van der Waals surface area contributed by atoms with Gasteiger partial charge in [-0.1, -0.05) is 36.4 Å². The van der Waals surface area contributed by atoms with E-state index in [1.54, 1.807) is 11.3 Å². The number of carbonyl (C=O) groups excluding carboxylic acids is 1. The van der Waals surface area contributed by atoms with Crippen molar-refractivity contribution in [1.82, 2.24) is 0 Å². The summed E-state index contributed by atoms with van der Waals surface area (Å²) in [6.07, 6.45) is 4.14. The van der Waals surface area contributed by atoms with Crippen LogP contribution in [0, 0.1) is 0 Å². The molecule has 1 heterocycles. The normalized spacial score (nSPS) is 10.8. The Morgan fingerprint density at radius 2 is 2.00 bits per heavy atom. The van der Waals surface area contributed by atoms with Crippen LogP contribution in [0.1, 0.15) is 18.2 Å². The fourth-order valence-electron chi connectivity index (χ4n) is 1.69. The van der Waals surface area contributed by atoms with Crippen molar-refractivity contribution >= 4 is 23.4 Å². The van der Waals surface area contributed by atoms with E-state index < -0.39 is 0 Å². The number of hydrogen-bond donors (Lipinski definition) is 0. The smallest absolute Gasteiger partial charge is 0.309 e. The number of thiophene rings is 1. The highest BCUT2D eigenvalue weighted by molar-refractivity contribution is 7.16. The third kappa shape index (κ3) is 4.07. The van der Waals surface area contributed by atoms with Crippen molar-refractivity contribution in [3.05, 3.63) is 53.4 Å². The fourth-order valence-corrected chi connectivity index (χ4v) is 2.64. The summed E-state index contributed by atoms with van der Waals surface area (Å²) >= 11 is 1.71. The van der Waals surface area contributed by atoms with Crippen LogP contribution >= 0.6 is 11.3 Å². The largest absolute Gasteiger partial charge is 0.466 e. The van der Waals surface area contributed by atoms with Crippen molar-refractivity contribution in [1.29, 1.82) is 0 Å². The Hall–Kier alpha value is -1.87. The minimum atomic E-state index is -0.182. The first-order valence-corrected chi connectivity index (χ1v) is 7.08. The van der Waals surface area contributed by atoms with E-state index >= 15 is 0 Å². The predicted octanol–water partition coefficient (Wildman–Crippen LogP) is 4.38. The topological polar surface area (TPSA) is 26.3 Å². The van der Waals surface area contributed by atoms with Crippen LogP contribution in [0.15, 0.2) is 48.5 Å². The van der Waals surface area contributed by atoms with Gasteiger partial charge in [0.15, 0.2) is 0 Å². The Labute approximate surface area is 117 Å². The van der Waals surface area contributed by atoms with E-state index in [-0.39, 0.29) is 5.97 Å².